The monoisotopic (exact) mass is 441 g/mol. The summed E-state index contributed by atoms with van der Waals surface area (Å²) in [5, 5.41) is 11.6. The third kappa shape index (κ3) is 5.24. The van der Waals surface area contributed by atoms with Crippen LogP contribution in [0.4, 0.5) is 14.5 Å². The summed E-state index contributed by atoms with van der Waals surface area (Å²) >= 11 is 0. The van der Waals surface area contributed by atoms with Crippen molar-refractivity contribution in [2.75, 3.05) is 4.72 Å². The summed E-state index contributed by atoms with van der Waals surface area (Å²) in [6, 6.07) is 14.9. The highest BCUT2D eigenvalue weighted by Gasteiger charge is 2.20. The molecule has 1 amide bonds. The zero-order valence-electron chi connectivity index (χ0n) is 16.3. The van der Waals surface area contributed by atoms with Gasteiger partial charge in [0.25, 0.3) is 15.9 Å². The number of benzene rings is 3. The zero-order chi connectivity index (χ0) is 22.6. The molecule has 3 rings (SSSR count). The fourth-order valence-corrected chi connectivity index (χ4v) is 3.81. The molecule has 0 heterocycles. The normalized spacial score (nSPS) is 11.9. The summed E-state index contributed by atoms with van der Waals surface area (Å²) in [5.41, 5.74) is 1.26. The molecule has 0 spiro atoms. The Morgan fingerprint density at radius 2 is 1.65 bits per heavy atom. The van der Waals surface area contributed by atoms with Crippen LogP contribution in [-0.2, 0) is 10.0 Å². The van der Waals surface area contributed by atoms with E-state index in [1.54, 1.807) is 30.3 Å². The summed E-state index contributed by atoms with van der Waals surface area (Å²) in [6.45, 7) is 1.88. The lowest BCUT2D eigenvalue weighted by Crippen LogP contribution is -2.28. The second kappa shape index (κ2) is 8.93. The van der Waals surface area contributed by atoms with Gasteiger partial charge in [0.05, 0.1) is 11.0 Å². The SMILES string of the molecule is Cc1ccc(NS(=O)(=O)c2ccc(C(=O)NC(C#N)c3ccc(F)cc3F)cc2)cc1. The third-order valence-corrected chi connectivity index (χ3v) is 5.81. The fraction of sp³-hybridized carbons (Fsp3) is 0.0909. The predicted octanol–water partition coefficient (Wildman–Crippen LogP) is 4.07. The molecule has 0 aliphatic rings. The lowest BCUT2D eigenvalue weighted by Gasteiger charge is -2.13. The molecule has 3 aromatic rings. The number of nitrogens with one attached hydrogen (secondary N) is 2. The van der Waals surface area contributed by atoms with Crippen molar-refractivity contribution in [3.05, 3.63) is 95.1 Å². The van der Waals surface area contributed by atoms with Gasteiger partial charge in [-0.3, -0.25) is 9.52 Å². The number of sulfonamides is 1. The van der Waals surface area contributed by atoms with E-state index in [4.69, 9.17) is 0 Å². The van der Waals surface area contributed by atoms with E-state index in [2.05, 4.69) is 10.0 Å². The standard InChI is InChI=1S/C22H17F2N3O3S/c1-14-2-7-17(8-3-14)27-31(29,30)18-9-4-15(5-10-18)22(28)26-21(13-25)19-11-6-16(23)12-20(19)24/h2-12,21,27H,1H3,(H,26,28). The number of aryl methyl sites for hydroxylation is 1. The van der Waals surface area contributed by atoms with E-state index in [1.165, 1.54) is 24.3 Å². The van der Waals surface area contributed by atoms with E-state index in [0.717, 1.165) is 17.7 Å². The van der Waals surface area contributed by atoms with E-state index in [1.807, 2.05) is 6.92 Å². The first kappa shape index (κ1) is 21.9. The average molecular weight is 441 g/mol. The van der Waals surface area contributed by atoms with Crippen molar-refractivity contribution in [1.29, 1.82) is 5.26 Å². The molecule has 0 aromatic heterocycles. The number of hydrogen-bond acceptors (Lipinski definition) is 4. The molecule has 3 aromatic carbocycles. The molecule has 0 radical (unpaired) electrons. The maximum atomic E-state index is 13.9. The van der Waals surface area contributed by atoms with Crippen molar-refractivity contribution in [3.8, 4) is 6.07 Å². The topological polar surface area (TPSA) is 99.1 Å². The molecule has 2 N–H and O–H groups in total. The number of hydrogen-bond donors (Lipinski definition) is 2. The van der Waals surface area contributed by atoms with E-state index < -0.39 is 33.6 Å². The highest BCUT2D eigenvalue weighted by molar-refractivity contribution is 7.92. The first-order chi connectivity index (χ1) is 14.7. The van der Waals surface area contributed by atoms with Crippen LogP contribution in [0.3, 0.4) is 0 Å². The Morgan fingerprint density at radius 3 is 2.23 bits per heavy atom. The van der Waals surface area contributed by atoms with Gasteiger partial charge in [-0.1, -0.05) is 23.8 Å². The number of nitrogens with zero attached hydrogens (tertiary/aromatic N) is 1. The Kier molecular flexibility index (Phi) is 6.32. The molecular weight excluding hydrogens is 424 g/mol. The maximum Gasteiger partial charge on any atom is 0.261 e. The Bertz CT molecular complexity index is 1250. The van der Waals surface area contributed by atoms with Crippen LogP contribution in [-0.4, -0.2) is 14.3 Å². The largest absolute Gasteiger partial charge is 0.332 e. The molecule has 6 nitrogen and oxygen atoms in total. The van der Waals surface area contributed by atoms with Crippen molar-refractivity contribution < 1.29 is 22.0 Å². The van der Waals surface area contributed by atoms with Crippen molar-refractivity contribution in [1.82, 2.24) is 5.32 Å². The minimum atomic E-state index is -3.87. The lowest BCUT2D eigenvalue weighted by molar-refractivity contribution is 0.0944. The van der Waals surface area contributed by atoms with Crippen LogP contribution >= 0.6 is 0 Å². The van der Waals surface area contributed by atoms with Gasteiger partial charge >= 0.3 is 0 Å². The highest BCUT2D eigenvalue weighted by atomic mass is 32.2. The minimum Gasteiger partial charge on any atom is -0.332 e. The molecule has 0 aliphatic carbocycles. The molecule has 0 fully saturated rings. The average Bonchev–Trinajstić information content (AvgIpc) is 2.74. The van der Waals surface area contributed by atoms with E-state index >= 15 is 0 Å². The summed E-state index contributed by atoms with van der Waals surface area (Å²) in [6.07, 6.45) is 0. The Hall–Kier alpha value is -3.77. The van der Waals surface area contributed by atoms with Gasteiger partial charge < -0.3 is 5.32 Å². The van der Waals surface area contributed by atoms with Crippen molar-refractivity contribution in [3.63, 3.8) is 0 Å². The van der Waals surface area contributed by atoms with Crippen molar-refractivity contribution in [2.24, 2.45) is 0 Å². The van der Waals surface area contributed by atoms with Gasteiger partial charge in [-0.15, -0.1) is 0 Å². The highest BCUT2D eigenvalue weighted by Crippen LogP contribution is 2.20. The zero-order valence-corrected chi connectivity index (χ0v) is 17.1. The van der Waals surface area contributed by atoms with Crippen LogP contribution in [0.2, 0.25) is 0 Å². The molecule has 1 unspecified atom stereocenters. The van der Waals surface area contributed by atoms with E-state index in [0.29, 0.717) is 11.8 Å². The van der Waals surface area contributed by atoms with Gasteiger partial charge in [-0.25, -0.2) is 17.2 Å². The fourth-order valence-electron chi connectivity index (χ4n) is 2.75. The van der Waals surface area contributed by atoms with Crippen LogP contribution in [0, 0.1) is 29.9 Å². The van der Waals surface area contributed by atoms with E-state index in [9.17, 15) is 27.3 Å². The number of halogens is 2. The van der Waals surface area contributed by atoms with Crippen LogP contribution in [0.1, 0.15) is 27.5 Å². The first-order valence-corrected chi connectivity index (χ1v) is 10.5. The molecule has 0 saturated heterocycles. The Morgan fingerprint density at radius 1 is 1.00 bits per heavy atom. The molecule has 0 saturated carbocycles. The van der Waals surface area contributed by atoms with Crippen molar-refractivity contribution >= 4 is 21.6 Å². The second-order valence-electron chi connectivity index (χ2n) is 6.70. The van der Waals surface area contributed by atoms with Crippen LogP contribution in [0.5, 0.6) is 0 Å². The maximum absolute atomic E-state index is 13.9. The summed E-state index contributed by atoms with van der Waals surface area (Å²) in [5.74, 6) is -2.48. The number of carbonyl (C=O) groups is 1. The number of carbonyl (C=O) groups excluding carboxylic acids is 1. The quantitative estimate of drug-likeness (QED) is 0.602. The molecule has 9 heteroatoms. The van der Waals surface area contributed by atoms with Crippen LogP contribution < -0.4 is 10.0 Å². The van der Waals surface area contributed by atoms with Gasteiger partial charge in [0.15, 0.2) is 0 Å². The van der Waals surface area contributed by atoms with Crippen LogP contribution in [0.25, 0.3) is 0 Å². The summed E-state index contributed by atoms with van der Waals surface area (Å²) < 4.78 is 54.4. The first-order valence-electron chi connectivity index (χ1n) is 9.04. The Labute approximate surface area is 178 Å². The second-order valence-corrected chi connectivity index (χ2v) is 8.38. The number of amides is 1. The molecule has 0 bridgehead atoms. The van der Waals surface area contributed by atoms with Gasteiger partial charge in [0.1, 0.15) is 17.7 Å². The molecule has 0 aliphatic heterocycles. The van der Waals surface area contributed by atoms with Crippen molar-refractivity contribution in [2.45, 2.75) is 17.9 Å². The molecular formula is C22H17F2N3O3S. The predicted molar refractivity (Wildman–Crippen MR) is 111 cm³/mol. The smallest absolute Gasteiger partial charge is 0.261 e. The lowest BCUT2D eigenvalue weighted by atomic mass is 10.1. The van der Waals surface area contributed by atoms with Crippen LogP contribution in [0.15, 0.2) is 71.6 Å². The number of anilines is 1. The molecule has 158 valence electrons. The van der Waals surface area contributed by atoms with Gasteiger partial charge in [-0.05, 0) is 49.4 Å². The van der Waals surface area contributed by atoms with Gasteiger partial charge in [0, 0.05) is 22.9 Å². The Balaban J connectivity index is 1.74. The van der Waals surface area contributed by atoms with Gasteiger partial charge in [0.2, 0.25) is 0 Å². The third-order valence-electron chi connectivity index (χ3n) is 4.41. The minimum absolute atomic E-state index is 0.0639. The summed E-state index contributed by atoms with van der Waals surface area (Å²) in [7, 11) is -3.87. The molecule has 31 heavy (non-hydrogen) atoms. The number of nitriles is 1. The number of rotatable bonds is 6. The van der Waals surface area contributed by atoms with Gasteiger partial charge in [-0.2, -0.15) is 5.26 Å². The summed E-state index contributed by atoms with van der Waals surface area (Å²) in [4.78, 5) is 12.4. The molecule has 1 atom stereocenters. The van der Waals surface area contributed by atoms with E-state index in [-0.39, 0.29) is 16.0 Å².